The van der Waals surface area contributed by atoms with Crippen LogP contribution in [0.2, 0.25) is 0 Å². The third kappa shape index (κ3) is 3.15. The summed E-state index contributed by atoms with van der Waals surface area (Å²) in [6, 6.07) is 10.2. The molecule has 0 atom stereocenters. The lowest BCUT2D eigenvalue weighted by molar-refractivity contribution is 0.327. The van der Waals surface area contributed by atoms with E-state index in [-0.39, 0.29) is 6.04 Å². The lowest BCUT2D eigenvalue weighted by atomic mass is 10.0. The minimum absolute atomic E-state index is 0.219. The summed E-state index contributed by atoms with van der Waals surface area (Å²) in [5, 5.41) is 5.24. The molecule has 0 spiro atoms. The molecule has 1 aliphatic heterocycles. The molecule has 0 saturated heterocycles. The van der Waals surface area contributed by atoms with E-state index in [1.165, 1.54) is 4.88 Å². The van der Waals surface area contributed by atoms with Gasteiger partial charge in [-0.25, -0.2) is 19.6 Å². The Kier molecular flexibility index (Phi) is 4.28. The van der Waals surface area contributed by atoms with Crippen molar-refractivity contribution in [2.75, 3.05) is 12.3 Å². The van der Waals surface area contributed by atoms with Crippen molar-refractivity contribution in [1.29, 1.82) is 0 Å². The van der Waals surface area contributed by atoms with Gasteiger partial charge in [0.1, 0.15) is 17.9 Å². The van der Waals surface area contributed by atoms with Crippen LogP contribution in [0.25, 0.3) is 33.2 Å². The first-order valence-corrected chi connectivity index (χ1v) is 10.3. The monoisotopic (exact) mass is 404 g/mol. The van der Waals surface area contributed by atoms with Crippen LogP contribution in [0, 0.1) is 0 Å². The SMILES string of the molecule is CC(C)n1ncnc1-c1nc2c(s1)CCOc1ccc(-c3ccc(N)nc3)cc1-2. The van der Waals surface area contributed by atoms with E-state index in [0.717, 1.165) is 45.4 Å². The second-order valence-electron chi connectivity index (χ2n) is 7.19. The van der Waals surface area contributed by atoms with Crippen LogP contribution in [0.3, 0.4) is 0 Å². The molecule has 0 fully saturated rings. The summed E-state index contributed by atoms with van der Waals surface area (Å²) >= 11 is 1.66. The zero-order valence-electron chi connectivity index (χ0n) is 16.2. The van der Waals surface area contributed by atoms with Gasteiger partial charge in [0.25, 0.3) is 0 Å². The Morgan fingerprint density at radius 1 is 1.14 bits per heavy atom. The highest BCUT2D eigenvalue weighted by Gasteiger charge is 2.23. The van der Waals surface area contributed by atoms with Gasteiger partial charge >= 0.3 is 0 Å². The largest absolute Gasteiger partial charge is 0.493 e. The Morgan fingerprint density at radius 3 is 2.79 bits per heavy atom. The number of nitrogen functional groups attached to an aromatic ring is 1. The van der Waals surface area contributed by atoms with Crippen LogP contribution in [0.4, 0.5) is 5.82 Å². The zero-order chi connectivity index (χ0) is 20.0. The van der Waals surface area contributed by atoms with Gasteiger partial charge in [0.2, 0.25) is 0 Å². The average Bonchev–Trinajstić information content (AvgIpc) is 3.33. The van der Waals surface area contributed by atoms with Crippen LogP contribution in [0.5, 0.6) is 5.75 Å². The van der Waals surface area contributed by atoms with Gasteiger partial charge in [-0.3, -0.25) is 0 Å². The topological polar surface area (TPSA) is 91.7 Å². The fourth-order valence-corrected chi connectivity index (χ4v) is 4.50. The van der Waals surface area contributed by atoms with Gasteiger partial charge in [-0.2, -0.15) is 5.10 Å². The molecule has 3 aromatic heterocycles. The average molecular weight is 404 g/mol. The van der Waals surface area contributed by atoms with Crippen LogP contribution >= 0.6 is 11.3 Å². The number of aromatic nitrogens is 5. The molecule has 5 rings (SSSR count). The molecule has 4 aromatic rings. The van der Waals surface area contributed by atoms with Crippen molar-refractivity contribution in [3.8, 4) is 39.0 Å². The van der Waals surface area contributed by atoms with Crippen LogP contribution in [0.15, 0.2) is 42.9 Å². The molecule has 7 nitrogen and oxygen atoms in total. The molecule has 29 heavy (non-hydrogen) atoms. The van der Waals surface area contributed by atoms with Gasteiger partial charge in [-0.1, -0.05) is 6.07 Å². The fraction of sp³-hybridized carbons (Fsp3) is 0.238. The first-order valence-electron chi connectivity index (χ1n) is 9.49. The predicted molar refractivity (Wildman–Crippen MR) is 114 cm³/mol. The number of rotatable bonds is 3. The van der Waals surface area contributed by atoms with E-state index in [9.17, 15) is 0 Å². The summed E-state index contributed by atoms with van der Waals surface area (Å²) in [7, 11) is 0. The maximum absolute atomic E-state index is 5.99. The Balaban J connectivity index is 1.63. The molecule has 0 saturated carbocycles. The predicted octanol–water partition coefficient (Wildman–Crippen LogP) is 4.23. The van der Waals surface area contributed by atoms with Crippen molar-refractivity contribution in [1.82, 2.24) is 24.7 Å². The highest BCUT2D eigenvalue weighted by atomic mass is 32.1. The van der Waals surface area contributed by atoms with Crippen molar-refractivity contribution in [2.24, 2.45) is 0 Å². The molecule has 0 unspecified atom stereocenters. The van der Waals surface area contributed by atoms with E-state index in [2.05, 4.69) is 35.0 Å². The van der Waals surface area contributed by atoms with Gasteiger partial charge in [-0.15, -0.1) is 11.3 Å². The normalized spacial score (nSPS) is 12.9. The van der Waals surface area contributed by atoms with Crippen molar-refractivity contribution in [2.45, 2.75) is 26.3 Å². The first-order chi connectivity index (χ1) is 14.1. The van der Waals surface area contributed by atoms with Crippen LogP contribution < -0.4 is 10.5 Å². The quantitative estimate of drug-likeness (QED) is 0.549. The minimum Gasteiger partial charge on any atom is -0.493 e. The van der Waals surface area contributed by atoms with E-state index in [0.29, 0.717) is 12.4 Å². The summed E-state index contributed by atoms with van der Waals surface area (Å²) < 4.78 is 7.90. The molecule has 4 heterocycles. The number of thiazole rings is 1. The number of hydrogen-bond acceptors (Lipinski definition) is 7. The Labute approximate surface area is 172 Å². The number of nitrogens with two attached hydrogens (primary N) is 1. The summed E-state index contributed by atoms with van der Waals surface area (Å²) in [6.07, 6.45) is 4.19. The molecule has 0 radical (unpaired) electrons. The molecule has 146 valence electrons. The third-order valence-electron chi connectivity index (χ3n) is 4.89. The van der Waals surface area contributed by atoms with Gasteiger partial charge < -0.3 is 10.5 Å². The molecule has 0 aliphatic carbocycles. The van der Waals surface area contributed by atoms with Crippen LogP contribution in [0.1, 0.15) is 24.8 Å². The van der Waals surface area contributed by atoms with E-state index in [4.69, 9.17) is 15.5 Å². The first kappa shape index (κ1) is 17.8. The van der Waals surface area contributed by atoms with Gasteiger partial charge in [0.15, 0.2) is 10.8 Å². The van der Waals surface area contributed by atoms with Crippen molar-refractivity contribution in [3.05, 3.63) is 47.7 Å². The van der Waals surface area contributed by atoms with E-state index in [1.54, 1.807) is 23.9 Å². The Morgan fingerprint density at radius 2 is 2.00 bits per heavy atom. The molecule has 8 heteroatoms. The van der Waals surface area contributed by atoms with Crippen LogP contribution in [-0.2, 0) is 6.42 Å². The number of benzene rings is 1. The molecule has 1 aliphatic rings. The molecular weight excluding hydrogens is 384 g/mol. The lowest BCUT2D eigenvalue weighted by Gasteiger charge is -2.10. The number of ether oxygens (including phenoxy) is 1. The van der Waals surface area contributed by atoms with E-state index < -0.39 is 0 Å². The Hall–Kier alpha value is -3.26. The number of hydrogen-bond donors (Lipinski definition) is 1. The van der Waals surface area contributed by atoms with Gasteiger partial charge in [0.05, 0.1) is 12.3 Å². The standard InChI is InChI=1S/C21H20N6OS/c1-12(2)27-20(24-11-25-27)21-26-19-15-9-13(14-4-6-18(22)23-10-14)3-5-16(15)28-8-7-17(19)29-21/h3-6,9-12H,7-8H2,1-2H3,(H2,22,23). The zero-order valence-corrected chi connectivity index (χ0v) is 17.0. The summed E-state index contributed by atoms with van der Waals surface area (Å²) in [4.78, 5) is 14.8. The maximum atomic E-state index is 5.99. The fourth-order valence-electron chi connectivity index (χ4n) is 3.46. The third-order valence-corrected chi connectivity index (χ3v) is 6.00. The van der Waals surface area contributed by atoms with E-state index >= 15 is 0 Å². The van der Waals surface area contributed by atoms with Gasteiger partial charge in [-0.05, 0) is 43.7 Å². The second-order valence-corrected chi connectivity index (χ2v) is 8.28. The highest BCUT2D eigenvalue weighted by molar-refractivity contribution is 7.15. The summed E-state index contributed by atoms with van der Waals surface area (Å²) in [5.41, 5.74) is 9.73. The summed E-state index contributed by atoms with van der Waals surface area (Å²) in [6.45, 7) is 4.81. The van der Waals surface area contributed by atoms with Crippen molar-refractivity contribution in [3.63, 3.8) is 0 Å². The minimum atomic E-state index is 0.219. The number of fused-ring (bicyclic) bond motifs is 3. The number of pyridine rings is 1. The second kappa shape index (κ2) is 6.97. The molecule has 2 N–H and O–H groups in total. The van der Waals surface area contributed by atoms with Crippen molar-refractivity contribution < 1.29 is 4.74 Å². The maximum Gasteiger partial charge on any atom is 0.187 e. The summed E-state index contributed by atoms with van der Waals surface area (Å²) in [5.74, 6) is 2.16. The van der Waals surface area contributed by atoms with E-state index in [1.807, 2.05) is 28.9 Å². The number of anilines is 1. The van der Waals surface area contributed by atoms with Crippen molar-refractivity contribution >= 4 is 17.2 Å². The molecule has 0 amide bonds. The Bertz CT molecular complexity index is 1180. The number of nitrogens with zero attached hydrogens (tertiary/aromatic N) is 5. The molecular formula is C21H20N6OS. The highest BCUT2D eigenvalue weighted by Crippen LogP contribution is 2.41. The molecule has 0 bridgehead atoms. The van der Waals surface area contributed by atoms with Crippen LogP contribution in [-0.4, -0.2) is 31.3 Å². The van der Waals surface area contributed by atoms with Gasteiger partial charge in [0, 0.05) is 34.7 Å². The lowest BCUT2D eigenvalue weighted by Crippen LogP contribution is -2.04. The smallest absolute Gasteiger partial charge is 0.187 e. The molecule has 1 aromatic carbocycles.